The van der Waals surface area contributed by atoms with Crippen molar-refractivity contribution < 1.29 is 13.9 Å². The van der Waals surface area contributed by atoms with Crippen LogP contribution in [-0.2, 0) is 6.42 Å². The zero-order valence-corrected chi connectivity index (χ0v) is 13.7. The molecule has 0 saturated heterocycles. The minimum absolute atomic E-state index is 0.141. The van der Waals surface area contributed by atoms with Gasteiger partial charge < -0.3 is 9.47 Å². The molecule has 1 heterocycles. The van der Waals surface area contributed by atoms with E-state index in [1.807, 2.05) is 12.1 Å². The Bertz CT molecular complexity index is 690. The van der Waals surface area contributed by atoms with Gasteiger partial charge in [-0.05, 0) is 35.4 Å². The number of halogens is 3. The Morgan fingerprint density at radius 3 is 2.90 bits per heavy atom. The predicted molar refractivity (Wildman–Crippen MR) is 84.4 cm³/mol. The van der Waals surface area contributed by atoms with E-state index in [2.05, 4.69) is 15.9 Å². The van der Waals surface area contributed by atoms with Crippen LogP contribution in [0.3, 0.4) is 0 Å². The molecule has 1 aliphatic rings. The first-order chi connectivity index (χ1) is 10.1. The van der Waals surface area contributed by atoms with Crippen LogP contribution in [0.4, 0.5) is 4.39 Å². The van der Waals surface area contributed by atoms with Crippen molar-refractivity contribution in [1.82, 2.24) is 0 Å². The van der Waals surface area contributed by atoms with E-state index in [9.17, 15) is 4.39 Å². The van der Waals surface area contributed by atoms with Gasteiger partial charge in [0.15, 0.2) is 11.6 Å². The smallest absolute Gasteiger partial charge is 0.165 e. The van der Waals surface area contributed by atoms with Gasteiger partial charge in [0.1, 0.15) is 5.75 Å². The lowest BCUT2D eigenvalue weighted by Crippen LogP contribution is -1.99. The highest BCUT2D eigenvalue weighted by Crippen LogP contribution is 2.43. The van der Waals surface area contributed by atoms with E-state index < -0.39 is 0 Å². The number of fused-ring (bicyclic) bond motifs is 1. The van der Waals surface area contributed by atoms with Crippen LogP contribution < -0.4 is 9.47 Å². The van der Waals surface area contributed by atoms with E-state index in [4.69, 9.17) is 21.1 Å². The Balaban J connectivity index is 2.05. The highest BCUT2D eigenvalue weighted by Gasteiger charge is 2.23. The van der Waals surface area contributed by atoms with Crippen molar-refractivity contribution in [3.8, 4) is 11.5 Å². The lowest BCUT2D eigenvalue weighted by molar-refractivity contribution is 0.354. The van der Waals surface area contributed by atoms with Crippen molar-refractivity contribution >= 4 is 27.5 Å². The van der Waals surface area contributed by atoms with Crippen LogP contribution in [0.25, 0.3) is 0 Å². The average Bonchev–Trinajstić information content (AvgIpc) is 2.94. The van der Waals surface area contributed by atoms with Gasteiger partial charge in [0, 0.05) is 17.0 Å². The van der Waals surface area contributed by atoms with Gasteiger partial charge >= 0.3 is 0 Å². The van der Waals surface area contributed by atoms with Crippen LogP contribution in [0.5, 0.6) is 11.5 Å². The summed E-state index contributed by atoms with van der Waals surface area (Å²) in [5.41, 5.74) is 2.94. The summed E-state index contributed by atoms with van der Waals surface area (Å²) in [4.78, 5) is -0.141. The fraction of sp³-hybridized carbons (Fsp3) is 0.250. The average molecular weight is 372 g/mol. The first kappa shape index (κ1) is 14.7. The fourth-order valence-electron chi connectivity index (χ4n) is 2.50. The summed E-state index contributed by atoms with van der Waals surface area (Å²) < 4.78 is 24.3. The molecule has 0 bridgehead atoms. The van der Waals surface area contributed by atoms with Crippen molar-refractivity contribution in [2.24, 2.45) is 0 Å². The maximum Gasteiger partial charge on any atom is 0.165 e. The molecule has 5 heteroatoms. The molecular formula is C16H13BrClFO2. The van der Waals surface area contributed by atoms with Gasteiger partial charge in [0.2, 0.25) is 0 Å². The van der Waals surface area contributed by atoms with Crippen LogP contribution in [-0.4, -0.2) is 13.7 Å². The van der Waals surface area contributed by atoms with Gasteiger partial charge in [0.25, 0.3) is 0 Å². The third-order valence-corrected chi connectivity index (χ3v) is 4.76. The van der Waals surface area contributed by atoms with Gasteiger partial charge in [-0.3, -0.25) is 0 Å². The molecule has 110 valence electrons. The lowest BCUT2D eigenvalue weighted by atomic mass is 10.0. The number of alkyl halides is 1. The number of hydrogen-bond donors (Lipinski definition) is 0. The standard InChI is InChI=1S/C16H13BrClFO2/c1-20-14-7-9(2-3-13(14)19)15(17)12-8-11(18)6-10-4-5-21-16(10)12/h2-3,6-8,15H,4-5H2,1H3. The van der Waals surface area contributed by atoms with Crippen LogP contribution in [0, 0.1) is 5.82 Å². The zero-order chi connectivity index (χ0) is 15.0. The largest absolute Gasteiger partial charge is 0.494 e. The van der Waals surface area contributed by atoms with Crippen molar-refractivity contribution in [3.63, 3.8) is 0 Å². The Kier molecular flexibility index (Phi) is 4.09. The SMILES string of the molecule is COc1cc(C(Br)c2cc(Cl)cc3c2OCC3)ccc1F. The van der Waals surface area contributed by atoms with E-state index >= 15 is 0 Å². The molecule has 0 spiro atoms. The maximum absolute atomic E-state index is 13.5. The summed E-state index contributed by atoms with van der Waals surface area (Å²) in [6.45, 7) is 0.662. The molecule has 2 aromatic rings. The molecule has 3 rings (SSSR count). The number of ether oxygens (including phenoxy) is 2. The maximum atomic E-state index is 13.5. The fourth-order valence-corrected chi connectivity index (χ4v) is 3.37. The highest BCUT2D eigenvalue weighted by molar-refractivity contribution is 9.09. The van der Waals surface area contributed by atoms with Crippen LogP contribution in [0.1, 0.15) is 21.5 Å². The predicted octanol–water partition coefficient (Wildman–Crippen LogP) is 4.91. The van der Waals surface area contributed by atoms with Crippen molar-refractivity contribution in [3.05, 3.63) is 57.9 Å². The molecule has 0 aromatic heterocycles. The summed E-state index contributed by atoms with van der Waals surface area (Å²) in [5, 5.41) is 0.674. The second kappa shape index (κ2) is 5.85. The molecular weight excluding hydrogens is 359 g/mol. The molecule has 2 aromatic carbocycles. The highest BCUT2D eigenvalue weighted by atomic mass is 79.9. The van der Waals surface area contributed by atoms with Gasteiger partial charge in [-0.2, -0.15) is 0 Å². The summed E-state index contributed by atoms with van der Waals surface area (Å²) in [6, 6.07) is 8.60. The van der Waals surface area contributed by atoms with Crippen LogP contribution in [0.2, 0.25) is 5.02 Å². The van der Waals surface area contributed by atoms with Gasteiger partial charge in [-0.25, -0.2) is 4.39 Å². The third kappa shape index (κ3) is 2.74. The van der Waals surface area contributed by atoms with Crippen molar-refractivity contribution in [2.45, 2.75) is 11.2 Å². The topological polar surface area (TPSA) is 18.5 Å². The first-order valence-electron chi connectivity index (χ1n) is 6.52. The third-order valence-electron chi connectivity index (χ3n) is 3.52. The molecule has 0 N–H and O–H groups in total. The summed E-state index contributed by atoms with van der Waals surface area (Å²) >= 11 is 9.84. The molecule has 2 nitrogen and oxygen atoms in total. The van der Waals surface area contributed by atoms with E-state index in [1.165, 1.54) is 13.2 Å². The molecule has 0 radical (unpaired) electrons. The van der Waals surface area contributed by atoms with Crippen LogP contribution >= 0.6 is 27.5 Å². The quantitative estimate of drug-likeness (QED) is 0.714. The van der Waals surface area contributed by atoms with E-state index in [0.29, 0.717) is 11.6 Å². The Morgan fingerprint density at radius 1 is 1.33 bits per heavy atom. The minimum Gasteiger partial charge on any atom is -0.494 e. The molecule has 1 aliphatic heterocycles. The number of hydrogen-bond acceptors (Lipinski definition) is 2. The molecule has 0 aliphatic carbocycles. The van der Waals surface area contributed by atoms with Crippen LogP contribution in [0.15, 0.2) is 30.3 Å². The Labute approximate surface area is 136 Å². The van der Waals surface area contributed by atoms with E-state index in [-0.39, 0.29) is 16.4 Å². The number of rotatable bonds is 3. The van der Waals surface area contributed by atoms with Crippen molar-refractivity contribution in [2.75, 3.05) is 13.7 Å². The summed E-state index contributed by atoms with van der Waals surface area (Å²) in [5.74, 6) is 0.703. The van der Waals surface area contributed by atoms with E-state index in [1.54, 1.807) is 12.1 Å². The van der Waals surface area contributed by atoms with Crippen molar-refractivity contribution in [1.29, 1.82) is 0 Å². The number of methoxy groups -OCH3 is 1. The number of benzene rings is 2. The molecule has 0 fully saturated rings. The molecule has 1 atom stereocenters. The van der Waals surface area contributed by atoms with Gasteiger partial charge in [-0.15, -0.1) is 0 Å². The normalized spacial score (nSPS) is 14.5. The molecule has 21 heavy (non-hydrogen) atoms. The summed E-state index contributed by atoms with van der Waals surface area (Å²) in [7, 11) is 1.45. The zero-order valence-electron chi connectivity index (χ0n) is 11.3. The second-order valence-electron chi connectivity index (χ2n) is 4.84. The monoisotopic (exact) mass is 370 g/mol. The Hall–Kier alpha value is -1.26. The van der Waals surface area contributed by atoms with Gasteiger partial charge in [-0.1, -0.05) is 33.6 Å². The van der Waals surface area contributed by atoms with E-state index in [0.717, 1.165) is 28.9 Å². The summed E-state index contributed by atoms with van der Waals surface area (Å²) in [6.07, 6.45) is 0.857. The first-order valence-corrected chi connectivity index (χ1v) is 7.82. The Morgan fingerprint density at radius 2 is 2.14 bits per heavy atom. The molecule has 0 amide bonds. The minimum atomic E-state index is -0.381. The van der Waals surface area contributed by atoms with Gasteiger partial charge in [0.05, 0.1) is 18.5 Å². The molecule has 0 saturated carbocycles. The lowest BCUT2D eigenvalue weighted by Gasteiger charge is -2.16. The molecule has 1 unspecified atom stereocenters. The second-order valence-corrected chi connectivity index (χ2v) is 6.19.